The van der Waals surface area contributed by atoms with E-state index in [9.17, 15) is 77.0 Å². The summed E-state index contributed by atoms with van der Waals surface area (Å²) in [5.74, 6) is -2.26. The van der Waals surface area contributed by atoms with Crippen LogP contribution in [0.25, 0.3) is 5.69 Å². The van der Waals surface area contributed by atoms with Crippen molar-refractivity contribution in [3.8, 4) is 23.5 Å². The highest BCUT2D eigenvalue weighted by molar-refractivity contribution is 7.90. The lowest BCUT2D eigenvalue weighted by atomic mass is 10.1. The molecule has 10 N–H and O–H groups in total. The van der Waals surface area contributed by atoms with Crippen molar-refractivity contribution in [2.45, 2.75) is 42.0 Å². The van der Waals surface area contributed by atoms with Crippen LogP contribution in [0.3, 0.4) is 0 Å². The number of nitrogens with one attached hydrogen (secondary N) is 5. The van der Waals surface area contributed by atoms with Crippen LogP contribution >= 0.6 is 30.8 Å². The second-order valence-corrected chi connectivity index (χ2v) is 22.1. The van der Waals surface area contributed by atoms with Crippen molar-refractivity contribution in [1.82, 2.24) is 59.3 Å². The third-order valence-electron chi connectivity index (χ3n) is 9.65. The molecule has 0 aliphatic heterocycles. The number of carbonyl (C=O) groups is 4. The van der Waals surface area contributed by atoms with Gasteiger partial charge in [0.2, 0.25) is 29.5 Å². The molecule has 33 nitrogen and oxygen atoms in total. The van der Waals surface area contributed by atoms with Crippen LogP contribution in [0, 0.1) is 17.0 Å². The fraction of sp³-hybridized carbons (Fsp3) is 0.279. The van der Waals surface area contributed by atoms with Crippen LogP contribution < -0.4 is 45.3 Å². The molecule has 87 heavy (non-hydrogen) atoms. The number of alkyl halides is 6. The Bertz CT molecular complexity index is 3710. The first-order chi connectivity index (χ1) is 40.2. The first-order valence-corrected chi connectivity index (χ1v) is 28.5. The van der Waals surface area contributed by atoms with Gasteiger partial charge in [-0.2, -0.15) is 64.8 Å². The van der Waals surface area contributed by atoms with E-state index in [2.05, 4.69) is 51.0 Å². The lowest BCUT2D eigenvalue weighted by Gasteiger charge is -2.14. The number of nitrogens with zero attached hydrogens (tertiary/aromatic N) is 10. The number of aryl methyl sites for hydroxylation is 2. The molecular weight excluding hydrogens is 1290 g/mol. The van der Waals surface area contributed by atoms with Gasteiger partial charge in [-0.15, -0.1) is 0 Å². The van der Waals surface area contributed by atoms with Gasteiger partial charge in [0.1, 0.15) is 17.7 Å². The highest BCUT2D eigenvalue weighted by Gasteiger charge is 2.34. The molecule has 6 aromatic rings. The first kappa shape index (κ1) is 72.4. The number of carboxylic acids is 1. The second-order valence-electron chi connectivity index (χ2n) is 16.4. The Morgan fingerprint density at radius 1 is 0.828 bits per heavy atom. The third kappa shape index (κ3) is 23.2. The molecular formula is C43H47Cl2F6N16O17PS2. The Labute approximate surface area is 496 Å². The zero-order chi connectivity index (χ0) is 66.0. The second kappa shape index (κ2) is 31.0. The van der Waals surface area contributed by atoms with Crippen LogP contribution in [0.15, 0.2) is 76.9 Å². The maximum atomic E-state index is 12.6. The van der Waals surface area contributed by atoms with Crippen molar-refractivity contribution in [3.05, 3.63) is 110 Å². The summed E-state index contributed by atoms with van der Waals surface area (Å²) < 4.78 is 154. The van der Waals surface area contributed by atoms with Gasteiger partial charge in [-0.25, -0.2) is 37.1 Å². The minimum atomic E-state index is -4.63. The number of aromatic nitrogens is 8. The van der Waals surface area contributed by atoms with Gasteiger partial charge in [0.15, 0.2) is 5.03 Å². The number of anilines is 3. The molecule has 0 aliphatic carbocycles. The van der Waals surface area contributed by atoms with E-state index in [-0.39, 0.29) is 62.4 Å². The molecule has 2 aromatic carbocycles. The highest BCUT2D eigenvalue weighted by atomic mass is 35.5. The number of carboxylic acid groups (broad SMARTS) is 1. The number of hydrogen-bond donors (Lipinski definition) is 9. The number of nitrogen functional groups attached to an aromatic ring is 1. The van der Waals surface area contributed by atoms with Crippen LogP contribution in [-0.2, 0) is 42.0 Å². The van der Waals surface area contributed by atoms with E-state index in [0.29, 0.717) is 12.1 Å². The average Bonchev–Trinajstić information content (AvgIpc) is 2.16. The molecule has 4 aromatic heterocycles. The summed E-state index contributed by atoms with van der Waals surface area (Å²) in [4.78, 5) is 95.9. The lowest BCUT2D eigenvalue weighted by molar-refractivity contribution is -0.383. The number of pyridine rings is 1. The largest absolute Gasteiger partial charge is 0.481 e. The van der Waals surface area contributed by atoms with Gasteiger partial charge in [0.05, 0.1) is 71.2 Å². The number of nitro groups is 1. The molecule has 6 rings (SSSR count). The average molecular weight is 1340 g/mol. The minimum absolute atomic E-state index is 0.0715. The van der Waals surface area contributed by atoms with E-state index in [0.717, 1.165) is 16.9 Å². The van der Waals surface area contributed by atoms with Crippen LogP contribution in [0.4, 0.5) is 59.3 Å². The summed E-state index contributed by atoms with van der Waals surface area (Å²) in [6.45, 7) is 1.06. The van der Waals surface area contributed by atoms with Crippen molar-refractivity contribution in [1.29, 1.82) is 0 Å². The zero-order valence-electron chi connectivity index (χ0n) is 45.1. The van der Waals surface area contributed by atoms with Gasteiger partial charge < -0.3 is 39.7 Å². The molecule has 0 saturated heterocycles. The molecule has 0 saturated carbocycles. The van der Waals surface area contributed by atoms with Crippen LogP contribution in [0.5, 0.6) is 17.8 Å². The lowest BCUT2D eigenvalue weighted by Crippen LogP contribution is -2.36. The van der Waals surface area contributed by atoms with Crippen molar-refractivity contribution in [3.63, 3.8) is 0 Å². The molecule has 44 heteroatoms. The van der Waals surface area contributed by atoms with Gasteiger partial charge >= 0.3 is 49.7 Å². The number of sulfonamides is 2. The molecule has 0 radical (unpaired) electrons. The number of amides is 5. The molecule has 0 aliphatic rings. The van der Waals surface area contributed by atoms with E-state index in [4.69, 9.17) is 58.0 Å². The SMILES string of the molecule is COc1cc(OC)nc(NC(=O)NS(=O)(=O)c2ncccc2C(=O)N(C)C)n1.COc1nc(C)nc(NC(=O)NS(=O)(=O)c2ccccc2CCC(F)(F)F)n1.Nc1c([N+](=O)[O-])cnn1-c1c(Cl)cc(C(F)(F)F)cc1Cl.O=C(O)CNCP(=O)(O)O. The maximum absolute atomic E-state index is 12.6. The van der Waals surface area contributed by atoms with Crippen molar-refractivity contribution in [2.75, 3.05) is 64.6 Å². The number of carbonyl (C=O) groups excluding carboxylic acids is 3. The number of urea groups is 2. The van der Waals surface area contributed by atoms with Gasteiger partial charge in [0, 0.05) is 26.7 Å². The number of rotatable bonds is 18. The van der Waals surface area contributed by atoms with Crippen LogP contribution in [0.2, 0.25) is 10.0 Å². The minimum Gasteiger partial charge on any atom is -0.481 e. The van der Waals surface area contributed by atoms with Crippen LogP contribution in [0.1, 0.15) is 33.7 Å². The fourth-order valence-corrected chi connectivity index (χ4v) is 9.31. The number of methoxy groups -OCH3 is 3. The first-order valence-electron chi connectivity index (χ1n) is 23.0. The standard InChI is InChI=1S/C15H16F3N5O4S.C15H18N6O6S.C10H5Cl2F3N4O2.C3H8NO5P/c1-9-19-12(22-14(20-9)27-2)21-13(24)23-28(25,26)11-6-4-3-5-10(11)7-8-15(16,17)18;1-21(2)13(22)9-6-5-7-16-12(9)28(24,25)20-15(23)19-14-17-10(26-3)8-11(18-14)27-4;11-5-1-4(10(13,14)15)2-6(12)8(5)18-9(16)7(3-17-18)19(20)21;5-3(6)1-4-2-10(7,8)9/h3-6H,7-8H2,1-2H3,(H2,19,20,21,22,23,24);5-8H,1-4H3,(H2,17,18,19,20,23);1-3H,16H2;4H,1-2H2,(H,5,6)(H2,7,8,9). The summed E-state index contributed by atoms with van der Waals surface area (Å²) >= 11 is 11.5. The molecule has 0 atom stereocenters. The summed E-state index contributed by atoms with van der Waals surface area (Å²) in [5, 5.41) is 27.3. The quantitative estimate of drug-likeness (QED) is 0.0242. The van der Waals surface area contributed by atoms with Gasteiger partial charge in [-0.1, -0.05) is 41.4 Å². The van der Waals surface area contributed by atoms with E-state index >= 15 is 0 Å². The number of aliphatic carboxylic acids is 1. The van der Waals surface area contributed by atoms with E-state index in [1.807, 2.05) is 0 Å². The van der Waals surface area contributed by atoms with Crippen molar-refractivity contribution in [2.24, 2.45) is 0 Å². The van der Waals surface area contributed by atoms with E-state index < -0.39 is 122 Å². The topological polar surface area (TPSA) is 470 Å². The molecule has 0 bridgehead atoms. The Balaban J connectivity index is 0.000000319. The van der Waals surface area contributed by atoms with E-state index in [1.165, 1.54) is 89.8 Å². The summed E-state index contributed by atoms with van der Waals surface area (Å²) in [6, 6.07) is 7.98. The highest BCUT2D eigenvalue weighted by Crippen LogP contribution is 2.39. The predicted octanol–water partition coefficient (Wildman–Crippen LogP) is 4.78. The molecule has 5 amide bonds. The van der Waals surface area contributed by atoms with Crippen molar-refractivity contribution < 1.29 is 101 Å². The predicted molar refractivity (Wildman–Crippen MR) is 290 cm³/mol. The van der Waals surface area contributed by atoms with Crippen LogP contribution in [-0.4, -0.2) is 160 Å². The van der Waals surface area contributed by atoms with Crippen molar-refractivity contribution >= 4 is 98.2 Å². The molecule has 0 spiro atoms. The van der Waals surface area contributed by atoms with E-state index in [1.54, 1.807) is 9.44 Å². The molecule has 4 heterocycles. The summed E-state index contributed by atoms with van der Waals surface area (Å²) in [7, 11) is -6.09. The summed E-state index contributed by atoms with van der Waals surface area (Å²) in [6.07, 6.45) is -9.39. The molecule has 0 unspecified atom stereocenters. The fourth-order valence-electron chi connectivity index (χ4n) is 6.04. The maximum Gasteiger partial charge on any atom is 0.416 e. The van der Waals surface area contributed by atoms with Gasteiger partial charge in [-0.3, -0.25) is 40.2 Å². The van der Waals surface area contributed by atoms with Gasteiger partial charge in [-0.05, 0) is 49.2 Å². The number of nitrogens with two attached hydrogens (primary N) is 1. The summed E-state index contributed by atoms with van der Waals surface area (Å²) in [5.41, 5.74) is 3.52. The Morgan fingerprint density at radius 3 is 1.86 bits per heavy atom. The normalized spacial score (nSPS) is 11.4. The number of halogens is 8. The smallest absolute Gasteiger partial charge is 0.416 e. The zero-order valence-corrected chi connectivity index (χ0v) is 49.1. The monoisotopic (exact) mass is 1340 g/mol. The molecule has 0 fully saturated rings. The number of hydrogen-bond acceptors (Lipinski definition) is 23. The Hall–Kier alpha value is -8.86. The number of benzene rings is 2. The van der Waals surface area contributed by atoms with Gasteiger partial charge in [0.25, 0.3) is 26.0 Å². The Morgan fingerprint density at radius 2 is 1.38 bits per heavy atom. The molecule has 474 valence electrons. The third-order valence-corrected chi connectivity index (χ3v) is 13.6. The number of ether oxygens (including phenoxy) is 3. The Kier molecular flexibility index (Phi) is 25.8.